The highest BCUT2D eigenvalue weighted by atomic mass is 32.2. The van der Waals surface area contributed by atoms with Crippen LogP contribution < -0.4 is 5.32 Å². The Morgan fingerprint density at radius 2 is 1.93 bits per heavy atom. The van der Waals surface area contributed by atoms with Crippen molar-refractivity contribution in [2.24, 2.45) is 0 Å². The van der Waals surface area contributed by atoms with Crippen molar-refractivity contribution in [1.82, 2.24) is 0 Å². The molecule has 0 saturated heterocycles. The summed E-state index contributed by atoms with van der Waals surface area (Å²) in [5.74, 6) is -1.16. The number of nitro benzene ring substituents is 1. The molecular formula is C18H17FN2O5S. The molecule has 0 heterocycles. The summed E-state index contributed by atoms with van der Waals surface area (Å²) in [5, 5.41) is 13.4. The van der Waals surface area contributed by atoms with Crippen molar-refractivity contribution in [2.45, 2.75) is 18.2 Å². The minimum atomic E-state index is -0.665. The fourth-order valence-corrected chi connectivity index (χ4v) is 2.92. The molecule has 2 aromatic rings. The van der Waals surface area contributed by atoms with Gasteiger partial charge in [0.25, 0.3) is 11.6 Å². The fraction of sp³-hybridized carbons (Fsp3) is 0.222. The second kappa shape index (κ2) is 9.67. The first-order chi connectivity index (χ1) is 12.8. The lowest BCUT2D eigenvalue weighted by Gasteiger charge is -2.08. The number of ether oxygens (including phenoxy) is 1. The van der Waals surface area contributed by atoms with Gasteiger partial charge in [-0.15, -0.1) is 11.8 Å². The predicted molar refractivity (Wildman–Crippen MR) is 99.2 cm³/mol. The monoisotopic (exact) mass is 392 g/mol. The van der Waals surface area contributed by atoms with Crippen molar-refractivity contribution in [3.8, 4) is 0 Å². The third kappa shape index (κ3) is 6.70. The van der Waals surface area contributed by atoms with E-state index in [2.05, 4.69) is 5.32 Å². The number of esters is 1. The maximum atomic E-state index is 12.8. The van der Waals surface area contributed by atoms with Crippen LogP contribution in [0.1, 0.15) is 12.0 Å². The number of nitrogens with zero attached hydrogens (tertiary/aromatic N) is 1. The number of nitrogens with one attached hydrogen (secondary N) is 1. The van der Waals surface area contributed by atoms with Crippen LogP contribution in [0.4, 0.5) is 15.8 Å². The number of rotatable bonds is 8. The Morgan fingerprint density at radius 3 is 2.59 bits per heavy atom. The normalized spacial score (nSPS) is 10.3. The van der Waals surface area contributed by atoms with Crippen molar-refractivity contribution >= 4 is 35.0 Å². The molecular weight excluding hydrogens is 375 g/mol. The standard InChI is InChI=1S/C18H17FN2O5S/c1-12-2-7-15(16(10-12)21(24)25)20-17(22)11-26-18(23)8-9-27-14-5-3-13(19)4-6-14/h2-7,10H,8-9,11H2,1H3,(H,20,22). The molecule has 0 atom stereocenters. The molecule has 1 amide bonds. The molecule has 0 aliphatic heterocycles. The van der Waals surface area contributed by atoms with E-state index in [-0.39, 0.29) is 23.6 Å². The number of carbonyl (C=O) groups excluding carboxylic acids is 2. The van der Waals surface area contributed by atoms with Gasteiger partial charge in [-0.2, -0.15) is 0 Å². The summed E-state index contributed by atoms with van der Waals surface area (Å²) in [6.45, 7) is 1.16. The van der Waals surface area contributed by atoms with E-state index in [1.54, 1.807) is 25.1 Å². The average molecular weight is 392 g/mol. The largest absolute Gasteiger partial charge is 0.456 e. The van der Waals surface area contributed by atoms with Crippen LogP contribution in [0, 0.1) is 22.9 Å². The fourth-order valence-electron chi connectivity index (χ4n) is 2.09. The van der Waals surface area contributed by atoms with E-state index < -0.39 is 23.4 Å². The van der Waals surface area contributed by atoms with E-state index >= 15 is 0 Å². The molecule has 27 heavy (non-hydrogen) atoms. The van der Waals surface area contributed by atoms with Crippen LogP contribution in [0.25, 0.3) is 0 Å². The van der Waals surface area contributed by atoms with Gasteiger partial charge in [-0.25, -0.2) is 4.39 Å². The summed E-state index contributed by atoms with van der Waals surface area (Å²) >= 11 is 1.36. The average Bonchev–Trinajstić information content (AvgIpc) is 2.63. The van der Waals surface area contributed by atoms with Gasteiger partial charge in [-0.1, -0.05) is 6.07 Å². The molecule has 0 fully saturated rings. The second-order valence-corrected chi connectivity index (χ2v) is 6.71. The lowest BCUT2D eigenvalue weighted by atomic mass is 10.2. The Kier molecular flexibility index (Phi) is 7.30. The number of anilines is 1. The van der Waals surface area contributed by atoms with Crippen molar-refractivity contribution in [3.05, 3.63) is 64.0 Å². The predicted octanol–water partition coefficient (Wildman–Crippen LogP) is 3.71. The van der Waals surface area contributed by atoms with Gasteiger partial charge in [-0.05, 0) is 42.8 Å². The zero-order chi connectivity index (χ0) is 19.8. The van der Waals surface area contributed by atoms with E-state index in [0.29, 0.717) is 11.3 Å². The first-order valence-corrected chi connectivity index (χ1v) is 8.92. The van der Waals surface area contributed by atoms with Crippen LogP contribution in [0.3, 0.4) is 0 Å². The Hall–Kier alpha value is -2.94. The van der Waals surface area contributed by atoms with Crippen LogP contribution >= 0.6 is 11.8 Å². The molecule has 0 aromatic heterocycles. The van der Waals surface area contributed by atoms with Crippen LogP contribution in [-0.2, 0) is 14.3 Å². The quantitative estimate of drug-likeness (QED) is 0.318. The molecule has 0 saturated carbocycles. The van der Waals surface area contributed by atoms with Crippen molar-refractivity contribution in [3.63, 3.8) is 0 Å². The lowest BCUT2D eigenvalue weighted by molar-refractivity contribution is -0.384. The van der Waals surface area contributed by atoms with E-state index in [9.17, 15) is 24.1 Å². The number of carbonyl (C=O) groups is 2. The van der Waals surface area contributed by atoms with Crippen molar-refractivity contribution < 1.29 is 23.6 Å². The Morgan fingerprint density at radius 1 is 1.22 bits per heavy atom. The van der Waals surface area contributed by atoms with Crippen LogP contribution in [-0.4, -0.2) is 29.2 Å². The molecule has 7 nitrogen and oxygen atoms in total. The van der Waals surface area contributed by atoms with Gasteiger partial charge < -0.3 is 10.1 Å². The number of aryl methyl sites for hydroxylation is 1. The molecule has 9 heteroatoms. The number of benzene rings is 2. The molecule has 2 rings (SSSR count). The smallest absolute Gasteiger partial charge is 0.307 e. The first-order valence-electron chi connectivity index (χ1n) is 7.94. The van der Waals surface area contributed by atoms with Crippen LogP contribution in [0.15, 0.2) is 47.4 Å². The SMILES string of the molecule is Cc1ccc(NC(=O)COC(=O)CCSc2ccc(F)cc2)c([N+](=O)[O-])c1. The molecule has 2 aromatic carbocycles. The van der Waals surface area contributed by atoms with Crippen LogP contribution in [0.2, 0.25) is 0 Å². The molecule has 1 N–H and O–H groups in total. The highest BCUT2D eigenvalue weighted by Crippen LogP contribution is 2.25. The minimum absolute atomic E-state index is 0.0403. The van der Waals surface area contributed by atoms with E-state index in [4.69, 9.17) is 4.74 Å². The highest BCUT2D eigenvalue weighted by molar-refractivity contribution is 7.99. The molecule has 0 aliphatic carbocycles. The Balaban J connectivity index is 1.76. The van der Waals surface area contributed by atoms with Crippen LogP contribution in [0.5, 0.6) is 0 Å². The van der Waals surface area contributed by atoms with Gasteiger partial charge in [0.15, 0.2) is 6.61 Å². The summed E-state index contributed by atoms with van der Waals surface area (Å²) in [6.07, 6.45) is 0.0694. The number of halogens is 1. The van der Waals surface area contributed by atoms with Gasteiger partial charge in [0.05, 0.1) is 11.3 Å². The summed E-state index contributed by atoms with van der Waals surface area (Å²) in [4.78, 5) is 34.8. The summed E-state index contributed by atoms with van der Waals surface area (Å²) in [6, 6.07) is 10.3. The number of hydrogen-bond acceptors (Lipinski definition) is 6. The zero-order valence-corrected chi connectivity index (χ0v) is 15.3. The number of nitro groups is 1. The third-order valence-electron chi connectivity index (χ3n) is 3.38. The Labute approximate surface area is 159 Å². The number of hydrogen-bond donors (Lipinski definition) is 1. The van der Waals surface area contributed by atoms with Gasteiger partial charge in [0.2, 0.25) is 0 Å². The second-order valence-electron chi connectivity index (χ2n) is 5.54. The van der Waals surface area contributed by atoms with Gasteiger partial charge in [0, 0.05) is 16.7 Å². The van der Waals surface area contributed by atoms with Gasteiger partial charge >= 0.3 is 5.97 Å². The van der Waals surface area contributed by atoms with E-state index in [1.807, 2.05) is 0 Å². The molecule has 0 unspecified atom stereocenters. The Bertz CT molecular complexity index is 842. The first kappa shape index (κ1) is 20.4. The minimum Gasteiger partial charge on any atom is -0.456 e. The zero-order valence-electron chi connectivity index (χ0n) is 14.4. The summed E-state index contributed by atoms with van der Waals surface area (Å²) < 4.78 is 17.7. The molecule has 0 aliphatic rings. The lowest BCUT2D eigenvalue weighted by Crippen LogP contribution is -2.21. The summed E-state index contributed by atoms with van der Waals surface area (Å²) in [5.41, 5.74) is 0.494. The van der Waals surface area contributed by atoms with E-state index in [1.165, 1.54) is 36.0 Å². The molecule has 0 radical (unpaired) electrons. The van der Waals surface area contributed by atoms with E-state index in [0.717, 1.165) is 4.90 Å². The number of amides is 1. The van der Waals surface area contributed by atoms with Gasteiger partial charge in [-0.3, -0.25) is 19.7 Å². The van der Waals surface area contributed by atoms with Crippen molar-refractivity contribution in [2.75, 3.05) is 17.7 Å². The maximum Gasteiger partial charge on any atom is 0.307 e. The van der Waals surface area contributed by atoms with Gasteiger partial charge in [0.1, 0.15) is 11.5 Å². The topological polar surface area (TPSA) is 98.5 Å². The number of thioether (sulfide) groups is 1. The van der Waals surface area contributed by atoms with Crippen molar-refractivity contribution in [1.29, 1.82) is 0 Å². The molecule has 0 bridgehead atoms. The molecule has 142 valence electrons. The molecule has 0 spiro atoms. The summed E-state index contributed by atoms with van der Waals surface area (Å²) in [7, 11) is 0. The maximum absolute atomic E-state index is 12.8. The highest BCUT2D eigenvalue weighted by Gasteiger charge is 2.16. The third-order valence-corrected chi connectivity index (χ3v) is 4.39.